The number of nitrogens with zero attached hydrogens (tertiary/aromatic N) is 2. The van der Waals surface area contributed by atoms with Gasteiger partial charge in [-0.1, -0.05) is 44.2 Å². The molecule has 0 bridgehead atoms. The van der Waals surface area contributed by atoms with Crippen molar-refractivity contribution in [1.82, 2.24) is 15.3 Å². The number of amides is 1. The first-order chi connectivity index (χ1) is 9.65. The van der Waals surface area contributed by atoms with Crippen molar-refractivity contribution in [2.75, 3.05) is 0 Å². The summed E-state index contributed by atoms with van der Waals surface area (Å²) >= 11 is 0. The molecule has 0 fully saturated rings. The quantitative estimate of drug-likeness (QED) is 0.908. The summed E-state index contributed by atoms with van der Waals surface area (Å²) in [5.74, 6) is 0.417. The maximum Gasteiger partial charge on any atom is 0.220 e. The second-order valence-corrected chi connectivity index (χ2v) is 5.14. The summed E-state index contributed by atoms with van der Waals surface area (Å²) in [4.78, 5) is 20.1. The molecule has 1 aromatic carbocycles. The molecule has 104 valence electrons. The van der Waals surface area contributed by atoms with Crippen LogP contribution in [0.4, 0.5) is 0 Å². The van der Waals surface area contributed by atoms with Gasteiger partial charge in [0.25, 0.3) is 0 Å². The molecule has 0 aliphatic carbocycles. The van der Waals surface area contributed by atoms with Crippen LogP contribution in [-0.4, -0.2) is 15.9 Å². The summed E-state index contributed by atoms with van der Waals surface area (Å²) in [5, 5.41) is 2.88. The molecular formula is C16H19N3O. The van der Waals surface area contributed by atoms with Gasteiger partial charge in [-0.3, -0.25) is 4.79 Å². The lowest BCUT2D eigenvalue weighted by atomic mass is 10.1. The lowest BCUT2D eigenvalue weighted by molar-refractivity contribution is -0.121. The first-order valence-corrected chi connectivity index (χ1v) is 6.78. The Balaban J connectivity index is 2.02. The molecule has 1 N–H and O–H groups in total. The summed E-state index contributed by atoms with van der Waals surface area (Å²) in [5.41, 5.74) is 2.73. The molecule has 1 aromatic heterocycles. The maximum absolute atomic E-state index is 11.6. The summed E-state index contributed by atoms with van der Waals surface area (Å²) < 4.78 is 0. The van der Waals surface area contributed by atoms with E-state index >= 15 is 0 Å². The van der Waals surface area contributed by atoms with Gasteiger partial charge in [-0.15, -0.1) is 0 Å². The van der Waals surface area contributed by atoms with Crippen LogP contribution in [0.15, 0.2) is 42.7 Å². The van der Waals surface area contributed by atoms with E-state index in [0.29, 0.717) is 18.9 Å². The van der Waals surface area contributed by atoms with Crippen molar-refractivity contribution >= 4 is 5.91 Å². The van der Waals surface area contributed by atoms with E-state index in [0.717, 1.165) is 17.0 Å². The van der Waals surface area contributed by atoms with Gasteiger partial charge < -0.3 is 5.32 Å². The monoisotopic (exact) mass is 269 g/mol. The van der Waals surface area contributed by atoms with E-state index in [2.05, 4.69) is 15.3 Å². The Kier molecular flexibility index (Phi) is 4.82. The van der Waals surface area contributed by atoms with E-state index in [-0.39, 0.29) is 5.91 Å². The minimum Gasteiger partial charge on any atom is -0.350 e. The molecule has 0 unspecified atom stereocenters. The largest absolute Gasteiger partial charge is 0.350 e. The number of rotatable bonds is 5. The molecular weight excluding hydrogens is 250 g/mol. The lowest BCUT2D eigenvalue weighted by Gasteiger charge is -2.07. The van der Waals surface area contributed by atoms with Crippen LogP contribution in [0, 0.1) is 5.92 Å². The average Bonchev–Trinajstić information content (AvgIpc) is 2.46. The van der Waals surface area contributed by atoms with Gasteiger partial charge in [0.05, 0.1) is 17.9 Å². The van der Waals surface area contributed by atoms with E-state index in [1.54, 1.807) is 0 Å². The average molecular weight is 269 g/mol. The van der Waals surface area contributed by atoms with Gasteiger partial charge in [-0.05, 0) is 12.0 Å². The molecule has 20 heavy (non-hydrogen) atoms. The first kappa shape index (κ1) is 14.2. The van der Waals surface area contributed by atoms with E-state index in [1.807, 2.05) is 50.2 Å². The predicted octanol–water partition coefficient (Wildman–Crippen LogP) is 2.81. The van der Waals surface area contributed by atoms with Gasteiger partial charge in [-0.2, -0.15) is 0 Å². The SMILES string of the molecule is CC(C)CC(=O)NCc1cc(-c2ccccc2)ncn1. The van der Waals surface area contributed by atoms with Crippen molar-refractivity contribution in [2.45, 2.75) is 26.8 Å². The zero-order valence-corrected chi connectivity index (χ0v) is 11.8. The molecule has 4 nitrogen and oxygen atoms in total. The number of benzene rings is 1. The normalized spacial score (nSPS) is 10.6. The zero-order chi connectivity index (χ0) is 14.4. The van der Waals surface area contributed by atoms with E-state index in [4.69, 9.17) is 0 Å². The van der Waals surface area contributed by atoms with Crippen molar-refractivity contribution in [2.24, 2.45) is 5.92 Å². The number of hydrogen-bond acceptors (Lipinski definition) is 3. The van der Waals surface area contributed by atoms with Crippen LogP contribution in [0.5, 0.6) is 0 Å². The van der Waals surface area contributed by atoms with Crippen molar-refractivity contribution in [3.8, 4) is 11.3 Å². The van der Waals surface area contributed by atoms with Gasteiger partial charge in [0.2, 0.25) is 5.91 Å². The fourth-order valence-electron chi connectivity index (χ4n) is 1.89. The second-order valence-electron chi connectivity index (χ2n) is 5.14. The molecule has 1 heterocycles. The molecule has 0 saturated heterocycles. The fraction of sp³-hybridized carbons (Fsp3) is 0.312. The van der Waals surface area contributed by atoms with Crippen molar-refractivity contribution in [3.63, 3.8) is 0 Å². The molecule has 0 radical (unpaired) electrons. The molecule has 4 heteroatoms. The zero-order valence-electron chi connectivity index (χ0n) is 11.8. The summed E-state index contributed by atoms with van der Waals surface area (Å²) in [6.45, 7) is 4.49. The van der Waals surface area contributed by atoms with E-state index in [1.165, 1.54) is 6.33 Å². The minimum absolute atomic E-state index is 0.0554. The number of carbonyl (C=O) groups excluding carboxylic acids is 1. The number of carbonyl (C=O) groups is 1. The minimum atomic E-state index is 0.0554. The molecule has 0 atom stereocenters. The lowest BCUT2D eigenvalue weighted by Crippen LogP contribution is -2.24. The van der Waals surface area contributed by atoms with E-state index in [9.17, 15) is 4.79 Å². The highest BCUT2D eigenvalue weighted by Crippen LogP contribution is 2.15. The van der Waals surface area contributed by atoms with E-state index < -0.39 is 0 Å². The van der Waals surface area contributed by atoms with Crippen molar-refractivity contribution in [1.29, 1.82) is 0 Å². The van der Waals surface area contributed by atoms with Crippen LogP contribution in [-0.2, 0) is 11.3 Å². The van der Waals surface area contributed by atoms with Crippen LogP contribution >= 0.6 is 0 Å². The van der Waals surface area contributed by atoms with Crippen LogP contribution in [0.1, 0.15) is 26.0 Å². The van der Waals surface area contributed by atoms with Crippen LogP contribution in [0.3, 0.4) is 0 Å². The molecule has 0 spiro atoms. The smallest absolute Gasteiger partial charge is 0.220 e. The fourth-order valence-corrected chi connectivity index (χ4v) is 1.89. The third-order valence-electron chi connectivity index (χ3n) is 2.85. The Bertz CT molecular complexity index is 567. The number of aromatic nitrogens is 2. The van der Waals surface area contributed by atoms with Crippen LogP contribution in [0.2, 0.25) is 0 Å². The van der Waals surface area contributed by atoms with Crippen LogP contribution in [0.25, 0.3) is 11.3 Å². The highest BCUT2D eigenvalue weighted by Gasteiger charge is 2.06. The summed E-state index contributed by atoms with van der Waals surface area (Å²) in [6, 6.07) is 11.8. The maximum atomic E-state index is 11.6. The molecule has 0 aliphatic rings. The van der Waals surface area contributed by atoms with Crippen molar-refractivity contribution < 1.29 is 4.79 Å². The Morgan fingerprint density at radius 2 is 1.95 bits per heavy atom. The standard InChI is InChI=1S/C16H19N3O/c1-12(2)8-16(20)17-10-14-9-15(19-11-18-14)13-6-4-3-5-7-13/h3-7,9,11-12H,8,10H2,1-2H3,(H,17,20). The number of hydrogen-bond donors (Lipinski definition) is 1. The molecule has 1 amide bonds. The van der Waals surface area contributed by atoms with Gasteiger partial charge in [-0.25, -0.2) is 9.97 Å². The van der Waals surface area contributed by atoms with Gasteiger partial charge in [0.15, 0.2) is 0 Å². The van der Waals surface area contributed by atoms with Gasteiger partial charge in [0.1, 0.15) is 6.33 Å². The molecule has 0 saturated carbocycles. The Morgan fingerprint density at radius 1 is 1.20 bits per heavy atom. The highest BCUT2D eigenvalue weighted by molar-refractivity contribution is 5.76. The summed E-state index contributed by atoms with van der Waals surface area (Å²) in [7, 11) is 0. The highest BCUT2D eigenvalue weighted by atomic mass is 16.1. The predicted molar refractivity (Wildman–Crippen MR) is 78.8 cm³/mol. The Morgan fingerprint density at radius 3 is 2.65 bits per heavy atom. The topological polar surface area (TPSA) is 54.9 Å². The number of nitrogens with one attached hydrogen (secondary N) is 1. The Hall–Kier alpha value is -2.23. The summed E-state index contributed by atoms with van der Waals surface area (Å²) in [6.07, 6.45) is 2.07. The first-order valence-electron chi connectivity index (χ1n) is 6.78. The molecule has 0 aliphatic heterocycles. The Labute approximate surface area is 119 Å². The van der Waals surface area contributed by atoms with Gasteiger partial charge >= 0.3 is 0 Å². The third kappa shape index (κ3) is 4.16. The molecule has 2 aromatic rings. The van der Waals surface area contributed by atoms with Crippen LogP contribution < -0.4 is 5.32 Å². The third-order valence-corrected chi connectivity index (χ3v) is 2.85. The molecule has 2 rings (SSSR count). The second kappa shape index (κ2) is 6.80. The van der Waals surface area contributed by atoms with Crippen molar-refractivity contribution in [3.05, 3.63) is 48.4 Å². The van der Waals surface area contributed by atoms with Gasteiger partial charge in [0, 0.05) is 12.0 Å².